The summed E-state index contributed by atoms with van der Waals surface area (Å²) >= 11 is 0. The zero-order valence-electron chi connectivity index (χ0n) is 14.0. The van der Waals surface area contributed by atoms with Gasteiger partial charge in [0.05, 0.1) is 10.8 Å². The normalized spacial score (nSPS) is 10.6. The molecule has 1 heterocycles. The van der Waals surface area contributed by atoms with E-state index >= 15 is 0 Å². The van der Waals surface area contributed by atoms with Crippen LogP contribution in [0.15, 0.2) is 33.9 Å². The van der Waals surface area contributed by atoms with Crippen LogP contribution in [0.25, 0.3) is 10.8 Å². The van der Waals surface area contributed by atoms with Gasteiger partial charge < -0.3 is 10.1 Å². The molecule has 2 aromatic rings. The number of nitrogens with zero attached hydrogens (tertiary/aromatic N) is 1. The number of aromatic nitrogens is 2. The number of ether oxygens (including phenoxy) is 1. The first kappa shape index (κ1) is 18.4. The maximum Gasteiger partial charge on any atom is 0.328 e. The fraction of sp³-hybridized carbons (Fsp3) is 0.412. The Morgan fingerprint density at radius 2 is 1.88 bits per heavy atom. The summed E-state index contributed by atoms with van der Waals surface area (Å²) in [5.41, 5.74) is -0.979. The highest BCUT2D eigenvalue weighted by atomic mass is 16.5. The van der Waals surface area contributed by atoms with E-state index in [-0.39, 0.29) is 10.8 Å². The molecule has 0 saturated heterocycles. The lowest BCUT2D eigenvalue weighted by Crippen LogP contribution is -2.34. The number of carbonyl (C=O) groups excluding carboxylic acids is 2. The van der Waals surface area contributed by atoms with E-state index in [2.05, 4.69) is 17.3 Å². The third kappa shape index (κ3) is 5.03. The minimum Gasteiger partial charge on any atom is -0.454 e. The van der Waals surface area contributed by atoms with Crippen LogP contribution in [0, 0.1) is 0 Å². The second-order valence-electron chi connectivity index (χ2n) is 5.60. The minimum atomic E-state index is -0.781. The lowest BCUT2D eigenvalue weighted by atomic mass is 10.2. The summed E-state index contributed by atoms with van der Waals surface area (Å²) < 4.78 is 5.72. The monoisotopic (exact) mass is 347 g/mol. The van der Waals surface area contributed by atoms with Gasteiger partial charge in [0.25, 0.3) is 17.0 Å². The van der Waals surface area contributed by atoms with Crippen LogP contribution in [0.1, 0.15) is 26.2 Å². The van der Waals surface area contributed by atoms with Crippen LogP contribution in [0.4, 0.5) is 0 Å². The molecule has 1 aromatic carbocycles. The zero-order chi connectivity index (χ0) is 18.2. The van der Waals surface area contributed by atoms with Gasteiger partial charge >= 0.3 is 5.97 Å². The maximum absolute atomic E-state index is 12.3. The number of fused-ring (bicyclic) bond motifs is 1. The summed E-state index contributed by atoms with van der Waals surface area (Å²) in [5, 5.41) is 5.44. The molecule has 1 aromatic heterocycles. The molecule has 134 valence electrons. The third-order valence-corrected chi connectivity index (χ3v) is 3.64. The molecule has 0 radical (unpaired) electrons. The van der Waals surface area contributed by atoms with E-state index < -0.39 is 36.1 Å². The molecule has 8 heteroatoms. The Balaban J connectivity index is 1.94. The molecule has 0 aliphatic carbocycles. The van der Waals surface area contributed by atoms with E-state index in [0.717, 1.165) is 23.9 Å². The molecule has 2 N–H and O–H groups in total. The zero-order valence-corrected chi connectivity index (χ0v) is 14.0. The number of H-pyrrole nitrogens is 1. The number of nitrogens with one attached hydrogen (secondary N) is 2. The lowest BCUT2D eigenvalue weighted by molar-refractivity contribution is -0.149. The van der Waals surface area contributed by atoms with Crippen molar-refractivity contribution in [2.24, 2.45) is 0 Å². The largest absolute Gasteiger partial charge is 0.454 e. The average molecular weight is 347 g/mol. The Morgan fingerprint density at radius 3 is 2.60 bits per heavy atom. The standard InChI is InChI=1S/C17H21N3O5/c1-2-3-6-9-18-14(21)11-25-15(22)10-20-17(24)13-8-5-4-7-12(13)16(23)19-20/h4-5,7-8H,2-3,6,9-11H2,1H3,(H,18,21)(H,19,23). The predicted molar refractivity (Wildman–Crippen MR) is 92.3 cm³/mol. The van der Waals surface area contributed by atoms with Crippen LogP contribution < -0.4 is 16.4 Å². The SMILES string of the molecule is CCCCCNC(=O)COC(=O)Cn1[nH]c(=O)c2ccccc2c1=O. The quantitative estimate of drug-likeness (QED) is 0.535. The van der Waals surface area contributed by atoms with Gasteiger partial charge in [-0.25, -0.2) is 4.68 Å². The van der Waals surface area contributed by atoms with Crippen molar-refractivity contribution in [1.29, 1.82) is 0 Å². The van der Waals surface area contributed by atoms with Crippen LogP contribution in [0.2, 0.25) is 0 Å². The molecule has 1 amide bonds. The first-order valence-electron chi connectivity index (χ1n) is 8.17. The Labute approximate surface area is 143 Å². The molecule has 0 fully saturated rings. The lowest BCUT2D eigenvalue weighted by Gasteiger charge is -2.08. The van der Waals surface area contributed by atoms with Gasteiger partial charge in [0.2, 0.25) is 0 Å². The van der Waals surface area contributed by atoms with Crippen LogP contribution >= 0.6 is 0 Å². The van der Waals surface area contributed by atoms with Crippen LogP contribution in [0.5, 0.6) is 0 Å². The van der Waals surface area contributed by atoms with Gasteiger partial charge in [-0.15, -0.1) is 0 Å². The number of benzene rings is 1. The molecular weight excluding hydrogens is 326 g/mol. The maximum atomic E-state index is 12.3. The van der Waals surface area contributed by atoms with Crippen molar-refractivity contribution >= 4 is 22.6 Å². The summed E-state index contributed by atoms with van der Waals surface area (Å²) in [7, 11) is 0. The van der Waals surface area contributed by atoms with E-state index in [4.69, 9.17) is 4.74 Å². The highest BCUT2D eigenvalue weighted by Crippen LogP contribution is 2.02. The molecule has 0 aliphatic heterocycles. The number of unbranched alkanes of at least 4 members (excludes halogenated alkanes) is 2. The Hall–Kier alpha value is -2.90. The van der Waals surface area contributed by atoms with Gasteiger partial charge in [-0.1, -0.05) is 31.9 Å². The van der Waals surface area contributed by atoms with Crippen LogP contribution in [-0.4, -0.2) is 34.8 Å². The third-order valence-electron chi connectivity index (χ3n) is 3.64. The number of esters is 1. The Morgan fingerprint density at radius 1 is 1.16 bits per heavy atom. The van der Waals surface area contributed by atoms with E-state index in [1.165, 1.54) is 12.1 Å². The summed E-state index contributed by atoms with van der Waals surface area (Å²) in [6, 6.07) is 6.32. The molecule has 0 unspecified atom stereocenters. The molecule has 0 spiro atoms. The summed E-state index contributed by atoms with van der Waals surface area (Å²) in [4.78, 5) is 47.6. The number of carbonyl (C=O) groups is 2. The number of aromatic amines is 1. The fourth-order valence-electron chi connectivity index (χ4n) is 2.33. The average Bonchev–Trinajstić information content (AvgIpc) is 2.61. The summed E-state index contributed by atoms with van der Waals surface area (Å²) in [5.74, 6) is -1.18. The van der Waals surface area contributed by atoms with Crippen LogP contribution in [0.3, 0.4) is 0 Å². The number of rotatable bonds is 8. The second kappa shape index (κ2) is 8.81. The van der Waals surface area contributed by atoms with Crippen molar-refractivity contribution < 1.29 is 14.3 Å². The van der Waals surface area contributed by atoms with E-state index in [0.29, 0.717) is 6.54 Å². The van der Waals surface area contributed by atoms with Crippen molar-refractivity contribution in [3.63, 3.8) is 0 Å². The van der Waals surface area contributed by atoms with E-state index in [1.54, 1.807) is 12.1 Å². The van der Waals surface area contributed by atoms with Crippen molar-refractivity contribution in [2.75, 3.05) is 13.2 Å². The number of hydrogen-bond donors (Lipinski definition) is 2. The predicted octanol–water partition coefficient (Wildman–Crippen LogP) is 0.539. The Bertz CT molecular complexity index is 868. The second-order valence-corrected chi connectivity index (χ2v) is 5.60. The molecule has 0 atom stereocenters. The molecule has 2 rings (SSSR count). The molecule has 25 heavy (non-hydrogen) atoms. The van der Waals surface area contributed by atoms with Gasteiger partial charge in [-0.2, -0.15) is 0 Å². The highest BCUT2D eigenvalue weighted by Gasteiger charge is 2.12. The summed E-state index contributed by atoms with van der Waals surface area (Å²) in [6.45, 7) is 1.70. The number of amides is 1. The van der Waals surface area contributed by atoms with E-state index in [9.17, 15) is 19.2 Å². The van der Waals surface area contributed by atoms with Crippen LogP contribution in [-0.2, 0) is 20.9 Å². The molecule has 0 saturated carbocycles. The van der Waals surface area contributed by atoms with Gasteiger partial charge in [0, 0.05) is 6.54 Å². The van der Waals surface area contributed by atoms with Crippen molar-refractivity contribution in [2.45, 2.75) is 32.7 Å². The fourth-order valence-corrected chi connectivity index (χ4v) is 2.33. The summed E-state index contributed by atoms with van der Waals surface area (Å²) in [6.07, 6.45) is 2.92. The van der Waals surface area contributed by atoms with Gasteiger partial charge in [-0.3, -0.25) is 24.3 Å². The minimum absolute atomic E-state index is 0.215. The molecule has 0 aliphatic rings. The molecular formula is C17H21N3O5. The van der Waals surface area contributed by atoms with Gasteiger partial charge in [0.1, 0.15) is 6.54 Å². The van der Waals surface area contributed by atoms with Crippen molar-refractivity contribution in [3.05, 3.63) is 45.0 Å². The van der Waals surface area contributed by atoms with Crippen molar-refractivity contribution in [1.82, 2.24) is 15.1 Å². The molecule has 8 nitrogen and oxygen atoms in total. The highest BCUT2D eigenvalue weighted by molar-refractivity contribution is 5.81. The van der Waals surface area contributed by atoms with Crippen molar-refractivity contribution in [3.8, 4) is 0 Å². The topological polar surface area (TPSA) is 110 Å². The number of hydrogen-bond acceptors (Lipinski definition) is 5. The van der Waals surface area contributed by atoms with Gasteiger partial charge in [-0.05, 0) is 18.6 Å². The smallest absolute Gasteiger partial charge is 0.328 e. The Kier molecular flexibility index (Phi) is 6.50. The molecule has 0 bridgehead atoms. The van der Waals surface area contributed by atoms with Gasteiger partial charge in [0.15, 0.2) is 6.61 Å². The first-order valence-corrected chi connectivity index (χ1v) is 8.17. The first-order chi connectivity index (χ1) is 12.0. The van der Waals surface area contributed by atoms with E-state index in [1.807, 2.05) is 0 Å².